The predicted molar refractivity (Wildman–Crippen MR) is 138 cm³/mol. The SMILES string of the molecule is COc1ccc(OC)c(N(CC(=O)Nc2ccccc2SCc2ccc(Cl)cc2)S(C)(=O)=O)c1. The molecule has 3 aromatic rings. The molecular formula is C24H25ClN2O5S2. The second kappa shape index (κ2) is 11.5. The van der Waals surface area contributed by atoms with Gasteiger partial charge in [0.15, 0.2) is 0 Å². The van der Waals surface area contributed by atoms with Gasteiger partial charge in [0.2, 0.25) is 15.9 Å². The zero-order chi connectivity index (χ0) is 24.7. The number of nitrogens with zero attached hydrogens (tertiary/aromatic N) is 1. The number of hydrogen-bond donors (Lipinski definition) is 1. The molecule has 3 rings (SSSR count). The number of carbonyl (C=O) groups is 1. The molecule has 0 spiro atoms. The Morgan fingerprint density at radius 2 is 1.74 bits per heavy atom. The van der Waals surface area contributed by atoms with E-state index in [0.717, 1.165) is 21.0 Å². The summed E-state index contributed by atoms with van der Waals surface area (Å²) < 4.78 is 36.7. The van der Waals surface area contributed by atoms with Crippen LogP contribution in [0.5, 0.6) is 11.5 Å². The number of methoxy groups -OCH3 is 2. The van der Waals surface area contributed by atoms with E-state index in [4.69, 9.17) is 21.1 Å². The van der Waals surface area contributed by atoms with Crippen molar-refractivity contribution in [2.75, 3.05) is 36.6 Å². The highest BCUT2D eigenvalue weighted by molar-refractivity contribution is 7.98. The molecule has 10 heteroatoms. The van der Waals surface area contributed by atoms with Gasteiger partial charge in [0.1, 0.15) is 18.0 Å². The van der Waals surface area contributed by atoms with E-state index in [1.54, 1.807) is 36.0 Å². The van der Waals surface area contributed by atoms with E-state index in [1.807, 2.05) is 36.4 Å². The fourth-order valence-electron chi connectivity index (χ4n) is 3.13. The van der Waals surface area contributed by atoms with E-state index in [9.17, 15) is 13.2 Å². The molecule has 0 atom stereocenters. The lowest BCUT2D eigenvalue weighted by molar-refractivity contribution is -0.114. The van der Waals surface area contributed by atoms with Crippen molar-refractivity contribution < 1.29 is 22.7 Å². The first-order valence-electron chi connectivity index (χ1n) is 10.2. The number of para-hydroxylation sites is 1. The van der Waals surface area contributed by atoms with Gasteiger partial charge in [0.25, 0.3) is 0 Å². The number of thioether (sulfide) groups is 1. The number of benzene rings is 3. The van der Waals surface area contributed by atoms with Gasteiger partial charge in [-0.25, -0.2) is 8.42 Å². The molecule has 1 amide bonds. The Balaban J connectivity index is 1.79. The largest absolute Gasteiger partial charge is 0.497 e. The lowest BCUT2D eigenvalue weighted by Crippen LogP contribution is -2.37. The molecule has 0 aliphatic rings. The fourth-order valence-corrected chi connectivity index (χ4v) is 5.07. The maximum atomic E-state index is 12.9. The van der Waals surface area contributed by atoms with Crippen molar-refractivity contribution in [2.24, 2.45) is 0 Å². The minimum atomic E-state index is -3.80. The van der Waals surface area contributed by atoms with Gasteiger partial charge in [0, 0.05) is 21.7 Å². The second-order valence-corrected chi connectivity index (χ2v) is 10.6. The summed E-state index contributed by atoms with van der Waals surface area (Å²) in [6, 6.07) is 19.7. The Bertz CT molecular complexity index is 1250. The minimum Gasteiger partial charge on any atom is -0.497 e. The van der Waals surface area contributed by atoms with Crippen LogP contribution in [0.15, 0.2) is 71.6 Å². The molecule has 0 bridgehead atoms. The van der Waals surface area contributed by atoms with Crippen LogP contribution in [-0.2, 0) is 20.6 Å². The molecule has 3 aromatic carbocycles. The van der Waals surface area contributed by atoms with E-state index >= 15 is 0 Å². The summed E-state index contributed by atoms with van der Waals surface area (Å²) in [5.74, 6) is 0.933. The molecular weight excluding hydrogens is 496 g/mol. The molecule has 0 aliphatic heterocycles. The molecule has 34 heavy (non-hydrogen) atoms. The van der Waals surface area contributed by atoms with Crippen LogP contribution in [0.4, 0.5) is 11.4 Å². The molecule has 0 unspecified atom stereocenters. The Morgan fingerprint density at radius 3 is 2.38 bits per heavy atom. The average Bonchev–Trinajstić information content (AvgIpc) is 2.82. The lowest BCUT2D eigenvalue weighted by atomic mass is 10.2. The molecule has 180 valence electrons. The van der Waals surface area contributed by atoms with Gasteiger partial charge < -0.3 is 14.8 Å². The van der Waals surface area contributed by atoms with Gasteiger partial charge in [-0.3, -0.25) is 9.10 Å². The van der Waals surface area contributed by atoms with Crippen LogP contribution in [0.1, 0.15) is 5.56 Å². The van der Waals surface area contributed by atoms with Gasteiger partial charge in [0.05, 0.1) is 31.9 Å². The third-order valence-corrected chi connectivity index (χ3v) is 7.33. The normalized spacial score (nSPS) is 11.1. The number of nitrogens with one attached hydrogen (secondary N) is 1. The van der Waals surface area contributed by atoms with Crippen molar-refractivity contribution >= 4 is 50.7 Å². The Labute approximate surface area is 209 Å². The number of ether oxygens (including phenoxy) is 2. The topological polar surface area (TPSA) is 84.9 Å². The fraction of sp³-hybridized carbons (Fsp3) is 0.208. The average molecular weight is 521 g/mol. The summed E-state index contributed by atoms with van der Waals surface area (Å²) in [5, 5.41) is 3.51. The van der Waals surface area contributed by atoms with Gasteiger partial charge in [-0.1, -0.05) is 35.9 Å². The first kappa shape index (κ1) is 25.7. The standard InChI is InChI=1S/C24H25ClN2O5S2/c1-31-19-12-13-22(32-2)21(14-19)27(34(3,29)30)15-24(28)26-20-6-4-5-7-23(20)33-16-17-8-10-18(25)11-9-17/h4-14H,15-16H2,1-3H3,(H,26,28). The number of halogens is 1. The Morgan fingerprint density at radius 1 is 1.03 bits per heavy atom. The van der Waals surface area contributed by atoms with Gasteiger partial charge in [-0.05, 0) is 42.0 Å². The van der Waals surface area contributed by atoms with E-state index in [1.165, 1.54) is 20.3 Å². The highest BCUT2D eigenvalue weighted by Crippen LogP contribution is 2.34. The van der Waals surface area contributed by atoms with Crippen LogP contribution in [0.3, 0.4) is 0 Å². The molecule has 7 nitrogen and oxygen atoms in total. The van der Waals surface area contributed by atoms with Gasteiger partial charge in [-0.2, -0.15) is 0 Å². The molecule has 0 saturated heterocycles. The van der Waals surface area contributed by atoms with Crippen LogP contribution >= 0.6 is 23.4 Å². The second-order valence-electron chi connectivity index (χ2n) is 7.27. The van der Waals surface area contributed by atoms with E-state index in [0.29, 0.717) is 28.0 Å². The molecule has 0 radical (unpaired) electrons. The third kappa shape index (κ3) is 6.82. The first-order valence-corrected chi connectivity index (χ1v) is 13.4. The zero-order valence-electron chi connectivity index (χ0n) is 18.9. The highest BCUT2D eigenvalue weighted by atomic mass is 35.5. The van der Waals surface area contributed by atoms with Crippen molar-refractivity contribution in [1.29, 1.82) is 0 Å². The van der Waals surface area contributed by atoms with Crippen molar-refractivity contribution in [1.82, 2.24) is 0 Å². The predicted octanol–water partition coefficient (Wildman–Crippen LogP) is 5.05. The molecule has 0 fully saturated rings. The van der Waals surface area contributed by atoms with Crippen molar-refractivity contribution in [2.45, 2.75) is 10.6 Å². The molecule has 0 aliphatic carbocycles. The summed E-state index contributed by atoms with van der Waals surface area (Å²) in [6.45, 7) is -0.432. The van der Waals surface area contributed by atoms with Crippen LogP contribution in [0, 0.1) is 0 Å². The lowest BCUT2D eigenvalue weighted by Gasteiger charge is -2.24. The monoisotopic (exact) mass is 520 g/mol. The number of hydrogen-bond acceptors (Lipinski definition) is 6. The Hall–Kier alpha value is -2.88. The number of rotatable bonds is 10. The number of carbonyl (C=O) groups excluding carboxylic acids is 1. The van der Waals surface area contributed by atoms with Crippen molar-refractivity contribution in [3.63, 3.8) is 0 Å². The van der Waals surface area contributed by atoms with E-state index in [-0.39, 0.29) is 5.69 Å². The van der Waals surface area contributed by atoms with Crippen LogP contribution in [0.25, 0.3) is 0 Å². The number of sulfonamides is 1. The molecule has 0 aromatic heterocycles. The minimum absolute atomic E-state index is 0.213. The summed E-state index contributed by atoms with van der Waals surface area (Å²) in [4.78, 5) is 13.8. The molecule has 0 heterocycles. The summed E-state index contributed by atoms with van der Waals surface area (Å²) >= 11 is 7.50. The van der Waals surface area contributed by atoms with Crippen molar-refractivity contribution in [3.05, 3.63) is 77.3 Å². The van der Waals surface area contributed by atoms with Gasteiger partial charge in [-0.15, -0.1) is 11.8 Å². The van der Waals surface area contributed by atoms with E-state index < -0.39 is 22.5 Å². The number of amides is 1. The smallest absolute Gasteiger partial charge is 0.245 e. The zero-order valence-corrected chi connectivity index (χ0v) is 21.3. The summed E-state index contributed by atoms with van der Waals surface area (Å²) in [5.41, 5.74) is 1.89. The number of anilines is 2. The highest BCUT2D eigenvalue weighted by Gasteiger charge is 2.25. The maximum absolute atomic E-state index is 12.9. The van der Waals surface area contributed by atoms with Gasteiger partial charge >= 0.3 is 0 Å². The molecule has 0 saturated carbocycles. The summed E-state index contributed by atoms with van der Waals surface area (Å²) in [7, 11) is -0.897. The quantitative estimate of drug-likeness (QED) is 0.376. The van der Waals surface area contributed by atoms with Crippen LogP contribution < -0.4 is 19.1 Å². The van der Waals surface area contributed by atoms with Crippen LogP contribution in [-0.4, -0.2) is 41.3 Å². The van der Waals surface area contributed by atoms with E-state index in [2.05, 4.69) is 5.32 Å². The first-order chi connectivity index (χ1) is 16.2. The van der Waals surface area contributed by atoms with Crippen molar-refractivity contribution in [3.8, 4) is 11.5 Å². The van der Waals surface area contributed by atoms with Crippen LogP contribution in [0.2, 0.25) is 5.02 Å². The summed E-state index contributed by atoms with van der Waals surface area (Å²) in [6.07, 6.45) is 1.04. The Kier molecular flexibility index (Phi) is 8.71. The third-order valence-electron chi connectivity index (χ3n) is 4.81. The maximum Gasteiger partial charge on any atom is 0.245 e. The molecule has 1 N–H and O–H groups in total.